The van der Waals surface area contributed by atoms with Crippen LogP contribution in [0, 0.1) is 0 Å². The van der Waals surface area contributed by atoms with Crippen molar-refractivity contribution in [3.05, 3.63) is 212 Å². The van der Waals surface area contributed by atoms with Crippen molar-refractivity contribution < 1.29 is 4.42 Å². The first kappa shape index (κ1) is 34.3. The zero-order valence-corrected chi connectivity index (χ0v) is 32.0. The van der Waals surface area contributed by atoms with Gasteiger partial charge < -0.3 is 4.42 Å². The van der Waals surface area contributed by atoms with Gasteiger partial charge in [-0.25, -0.2) is 15.0 Å². The molecule has 4 nitrogen and oxygen atoms in total. The zero-order chi connectivity index (χ0) is 39.1. The van der Waals surface area contributed by atoms with Crippen molar-refractivity contribution in [1.29, 1.82) is 0 Å². The van der Waals surface area contributed by atoms with Gasteiger partial charge in [-0.2, -0.15) is 0 Å². The predicted octanol–water partition coefficient (Wildman–Crippen LogP) is 14.6. The van der Waals surface area contributed by atoms with Crippen molar-refractivity contribution in [3.8, 4) is 78.6 Å². The molecule has 11 aromatic rings. The first-order valence-electron chi connectivity index (χ1n) is 19.9. The third-order valence-corrected chi connectivity index (χ3v) is 11.2. The first-order chi connectivity index (χ1) is 29.2. The fourth-order valence-electron chi connectivity index (χ4n) is 8.31. The van der Waals surface area contributed by atoms with Crippen LogP contribution in [0.25, 0.3) is 111 Å². The van der Waals surface area contributed by atoms with E-state index in [4.69, 9.17) is 19.4 Å². The van der Waals surface area contributed by atoms with Crippen LogP contribution in [-0.2, 0) is 0 Å². The Bertz CT molecular complexity index is 3280. The summed E-state index contributed by atoms with van der Waals surface area (Å²) in [6.07, 6.45) is 0. The van der Waals surface area contributed by atoms with Gasteiger partial charge in [0.25, 0.3) is 0 Å². The molecule has 0 amide bonds. The number of hydrogen-bond acceptors (Lipinski definition) is 4. The Morgan fingerprint density at radius 2 is 0.847 bits per heavy atom. The van der Waals surface area contributed by atoms with Gasteiger partial charge in [0.15, 0.2) is 11.4 Å². The number of aromatic nitrogens is 3. The number of oxazole rings is 1. The summed E-state index contributed by atoms with van der Waals surface area (Å²) in [6, 6.07) is 74.4. The Labute approximate surface area is 341 Å². The summed E-state index contributed by atoms with van der Waals surface area (Å²) in [5.41, 5.74) is 15.7. The van der Waals surface area contributed by atoms with Crippen LogP contribution in [-0.4, -0.2) is 15.0 Å². The topological polar surface area (TPSA) is 51.8 Å². The van der Waals surface area contributed by atoms with E-state index in [1.165, 1.54) is 21.9 Å². The van der Waals surface area contributed by atoms with Crippen LogP contribution in [0.4, 0.5) is 0 Å². The second kappa shape index (κ2) is 14.5. The highest BCUT2D eigenvalue weighted by atomic mass is 16.3. The van der Waals surface area contributed by atoms with E-state index >= 15 is 0 Å². The number of rotatable bonds is 7. The van der Waals surface area contributed by atoms with Gasteiger partial charge >= 0.3 is 0 Å². The quantitative estimate of drug-likeness (QED) is 0.163. The van der Waals surface area contributed by atoms with E-state index in [1.54, 1.807) is 0 Å². The van der Waals surface area contributed by atoms with Crippen molar-refractivity contribution in [2.75, 3.05) is 0 Å². The SMILES string of the molecule is c1ccc(-c2nc(-c3ccccc3-c3c(-c4ccc(-c5ccccc5-c5ccc(-c6nc7ccccc7o6)cc5)cc4)ccc4ccccc34)c3ccccc3n2)cc1. The monoisotopic (exact) mass is 753 g/mol. The molecule has 0 fully saturated rings. The molecular formula is C55H35N3O. The molecule has 0 saturated heterocycles. The number of nitrogens with zero attached hydrogens (tertiary/aromatic N) is 3. The van der Waals surface area contributed by atoms with Crippen molar-refractivity contribution in [3.63, 3.8) is 0 Å². The molecule has 4 heteroatoms. The van der Waals surface area contributed by atoms with E-state index in [9.17, 15) is 0 Å². The Morgan fingerprint density at radius 3 is 1.56 bits per heavy atom. The second-order valence-electron chi connectivity index (χ2n) is 14.7. The van der Waals surface area contributed by atoms with Crippen molar-refractivity contribution in [2.24, 2.45) is 0 Å². The fourth-order valence-corrected chi connectivity index (χ4v) is 8.31. The maximum atomic E-state index is 6.05. The fraction of sp³-hybridized carbons (Fsp3) is 0. The van der Waals surface area contributed by atoms with E-state index in [1.807, 2.05) is 48.5 Å². The summed E-state index contributed by atoms with van der Waals surface area (Å²) in [5.74, 6) is 1.34. The molecule has 2 aromatic heterocycles. The van der Waals surface area contributed by atoms with Gasteiger partial charge in [0.1, 0.15) is 5.52 Å². The molecular weight excluding hydrogens is 719 g/mol. The highest BCUT2D eigenvalue weighted by molar-refractivity contribution is 6.09. The van der Waals surface area contributed by atoms with Gasteiger partial charge in [-0.1, -0.05) is 182 Å². The smallest absolute Gasteiger partial charge is 0.227 e. The summed E-state index contributed by atoms with van der Waals surface area (Å²) >= 11 is 0. The van der Waals surface area contributed by atoms with Crippen molar-refractivity contribution in [1.82, 2.24) is 15.0 Å². The Hall–Kier alpha value is -7.95. The molecule has 2 heterocycles. The van der Waals surface area contributed by atoms with Crippen LogP contribution in [0.15, 0.2) is 217 Å². The third-order valence-electron chi connectivity index (χ3n) is 11.2. The highest BCUT2D eigenvalue weighted by Gasteiger charge is 2.20. The van der Waals surface area contributed by atoms with Crippen LogP contribution < -0.4 is 0 Å². The molecule has 59 heavy (non-hydrogen) atoms. The molecule has 0 aliphatic rings. The summed E-state index contributed by atoms with van der Waals surface area (Å²) in [6.45, 7) is 0. The van der Waals surface area contributed by atoms with Gasteiger partial charge in [-0.05, 0) is 85.6 Å². The van der Waals surface area contributed by atoms with Crippen LogP contribution in [0.1, 0.15) is 0 Å². The molecule has 0 unspecified atom stereocenters. The minimum absolute atomic E-state index is 0.625. The predicted molar refractivity (Wildman–Crippen MR) is 243 cm³/mol. The lowest BCUT2D eigenvalue weighted by Crippen LogP contribution is -1.97. The lowest BCUT2D eigenvalue weighted by Gasteiger charge is -2.19. The van der Waals surface area contributed by atoms with E-state index in [0.717, 1.165) is 77.8 Å². The summed E-state index contributed by atoms with van der Waals surface area (Å²) in [7, 11) is 0. The molecule has 0 atom stereocenters. The average Bonchev–Trinajstić information content (AvgIpc) is 3.76. The van der Waals surface area contributed by atoms with E-state index in [2.05, 4.69) is 164 Å². The number of hydrogen-bond donors (Lipinski definition) is 0. The number of para-hydroxylation sites is 3. The summed E-state index contributed by atoms with van der Waals surface area (Å²) in [5, 5.41) is 3.39. The standard InChI is InChI=1S/C55H35N3O/c1-2-15-40(16-3-1)54-56-49-23-11-10-22-48(49)53(58-54)47-21-9-8-20-46(47)52-44-19-5-4-14-36(44)34-35-45(52)39-28-26-37(27-29-39)42-17-6-7-18-43(42)38-30-32-41(33-31-38)55-57-50-24-12-13-25-51(50)59-55/h1-35H. The van der Waals surface area contributed by atoms with E-state index < -0.39 is 0 Å². The molecule has 9 aromatic carbocycles. The van der Waals surface area contributed by atoms with Crippen LogP contribution in [0.3, 0.4) is 0 Å². The average molecular weight is 754 g/mol. The van der Waals surface area contributed by atoms with Gasteiger partial charge in [-0.3, -0.25) is 0 Å². The van der Waals surface area contributed by atoms with E-state index in [-0.39, 0.29) is 0 Å². The molecule has 0 aliphatic carbocycles. The maximum absolute atomic E-state index is 6.05. The molecule has 0 radical (unpaired) electrons. The normalized spacial score (nSPS) is 11.4. The Morgan fingerprint density at radius 1 is 0.305 bits per heavy atom. The Balaban J connectivity index is 1.01. The minimum atomic E-state index is 0.625. The van der Waals surface area contributed by atoms with Gasteiger partial charge in [0, 0.05) is 22.1 Å². The van der Waals surface area contributed by atoms with Crippen molar-refractivity contribution in [2.45, 2.75) is 0 Å². The summed E-state index contributed by atoms with van der Waals surface area (Å²) < 4.78 is 6.05. The first-order valence-corrected chi connectivity index (χ1v) is 19.9. The molecule has 0 aliphatic heterocycles. The third kappa shape index (κ3) is 6.24. The number of fused-ring (bicyclic) bond motifs is 3. The van der Waals surface area contributed by atoms with Gasteiger partial charge in [0.2, 0.25) is 5.89 Å². The largest absolute Gasteiger partial charge is 0.436 e. The number of benzene rings is 9. The van der Waals surface area contributed by atoms with Crippen LogP contribution in [0.2, 0.25) is 0 Å². The molecule has 0 N–H and O–H groups in total. The lowest BCUT2D eigenvalue weighted by atomic mass is 9.86. The van der Waals surface area contributed by atoms with Crippen LogP contribution in [0.5, 0.6) is 0 Å². The molecule has 11 rings (SSSR count). The zero-order valence-electron chi connectivity index (χ0n) is 32.0. The minimum Gasteiger partial charge on any atom is -0.436 e. The molecule has 0 saturated carbocycles. The molecule has 276 valence electrons. The summed E-state index contributed by atoms with van der Waals surface area (Å²) in [4.78, 5) is 15.0. The van der Waals surface area contributed by atoms with Gasteiger partial charge in [-0.15, -0.1) is 0 Å². The molecule has 0 bridgehead atoms. The molecule has 0 spiro atoms. The van der Waals surface area contributed by atoms with Crippen LogP contribution >= 0.6 is 0 Å². The maximum Gasteiger partial charge on any atom is 0.227 e. The second-order valence-corrected chi connectivity index (χ2v) is 14.7. The van der Waals surface area contributed by atoms with Gasteiger partial charge in [0.05, 0.1) is 11.2 Å². The highest BCUT2D eigenvalue weighted by Crippen LogP contribution is 2.44. The Kier molecular flexibility index (Phi) is 8.45. The van der Waals surface area contributed by atoms with Crippen molar-refractivity contribution >= 4 is 32.8 Å². The van der Waals surface area contributed by atoms with E-state index in [0.29, 0.717) is 11.7 Å². The lowest BCUT2D eigenvalue weighted by molar-refractivity contribution is 0.620.